The van der Waals surface area contributed by atoms with Crippen molar-refractivity contribution in [1.82, 2.24) is 5.32 Å². The van der Waals surface area contributed by atoms with Gasteiger partial charge in [0.05, 0.1) is 17.0 Å². The summed E-state index contributed by atoms with van der Waals surface area (Å²) in [6.07, 6.45) is 1.74. The molecule has 1 unspecified atom stereocenters. The summed E-state index contributed by atoms with van der Waals surface area (Å²) >= 11 is 7.39. The molecule has 2 aromatic rings. The zero-order chi connectivity index (χ0) is 15.2. The Balaban J connectivity index is 2.21. The van der Waals surface area contributed by atoms with E-state index in [4.69, 9.17) is 16.3 Å². The summed E-state index contributed by atoms with van der Waals surface area (Å²) in [6, 6.07) is 7.05. The third kappa shape index (κ3) is 4.19. The van der Waals surface area contributed by atoms with Crippen LogP contribution in [0.2, 0.25) is 5.02 Å². The van der Waals surface area contributed by atoms with Crippen LogP contribution >= 0.6 is 22.9 Å². The monoisotopic (exact) mass is 327 g/mol. The number of rotatable bonds is 7. The number of thiophene rings is 1. The van der Waals surface area contributed by atoms with Crippen LogP contribution in [0.5, 0.6) is 5.75 Å². The predicted molar refractivity (Wildman–Crippen MR) is 87.0 cm³/mol. The van der Waals surface area contributed by atoms with E-state index in [1.807, 2.05) is 17.5 Å². The van der Waals surface area contributed by atoms with Crippen molar-refractivity contribution in [3.8, 4) is 5.75 Å². The Morgan fingerprint density at radius 1 is 1.38 bits per heavy atom. The smallest absolute Gasteiger partial charge is 0.142 e. The minimum atomic E-state index is -0.374. The maximum absolute atomic E-state index is 13.6. The number of hydrogen-bond acceptors (Lipinski definition) is 3. The van der Waals surface area contributed by atoms with E-state index in [9.17, 15) is 4.39 Å². The molecule has 0 aliphatic rings. The lowest BCUT2D eigenvalue weighted by Crippen LogP contribution is -2.23. The van der Waals surface area contributed by atoms with Crippen molar-refractivity contribution in [1.29, 1.82) is 0 Å². The maximum atomic E-state index is 13.6. The van der Waals surface area contributed by atoms with Gasteiger partial charge < -0.3 is 10.1 Å². The van der Waals surface area contributed by atoms with Crippen LogP contribution in [-0.2, 0) is 6.42 Å². The van der Waals surface area contributed by atoms with Gasteiger partial charge in [-0.05, 0) is 48.5 Å². The van der Waals surface area contributed by atoms with Crippen molar-refractivity contribution >= 4 is 22.9 Å². The molecule has 1 heterocycles. The quantitative estimate of drug-likeness (QED) is 0.786. The van der Waals surface area contributed by atoms with Gasteiger partial charge in [-0.3, -0.25) is 0 Å². The van der Waals surface area contributed by atoms with Crippen molar-refractivity contribution in [2.24, 2.45) is 0 Å². The second kappa shape index (κ2) is 7.78. The molecule has 21 heavy (non-hydrogen) atoms. The first kappa shape index (κ1) is 16.3. The minimum Gasteiger partial charge on any atom is -0.496 e. The Hall–Kier alpha value is -1.10. The van der Waals surface area contributed by atoms with Gasteiger partial charge in [-0.2, -0.15) is 0 Å². The molecule has 0 aliphatic carbocycles. The molecular formula is C16H19ClFNOS. The van der Waals surface area contributed by atoms with E-state index in [-0.39, 0.29) is 16.9 Å². The first-order chi connectivity index (χ1) is 10.2. The summed E-state index contributed by atoms with van der Waals surface area (Å²) in [5.74, 6) is 0.504. The molecule has 2 nitrogen and oxygen atoms in total. The molecular weight excluding hydrogens is 309 g/mol. The van der Waals surface area contributed by atoms with Crippen molar-refractivity contribution in [2.75, 3.05) is 13.7 Å². The number of halogens is 2. The number of benzene rings is 1. The minimum absolute atomic E-state index is 0.112. The molecule has 1 aromatic carbocycles. The fourth-order valence-electron chi connectivity index (χ4n) is 2.21. The third-order valence-electron chi connectivity index (χ3n) is 3.26. The van der Waals surface area contributed by atoms with Gasteiger partial charge in [0.2, 0.25) is 0 Å². The molecule has 0 aliphatic heterocycles. The number of hydrogen-bond donors (Lipinski definition) is 1. The van der Waals surface area contributed by atoms with Gasteiger partial charge in [-0.1, -0.05) is 24.6 Å². The zero-order valence-corrected chi connectivity index (χ0v) is 13.7. The Morgan fingerprint density at radius 3 is 2.86 bits per heavy atom. The van der Waals surface area contributed by atoms with E-state index in [1.165, 1.54) is 6.07 Å². The lowest BCUT2D eigenvalue weighted by molar-refractivity contribution is 0.402. The van der Waals surface area contributed by atoms with Crippen LogP contribution in [0.25, 0.3) is 0 Å². The van der Waals surface area contributed by atoms with Crippen molar-refractivity contribution in [3.05, 3.63) is 50.9 Å². The largest absolute Gasteiger partial charge is 0.496 e. The van der Waals surface area contributed by atoms with E-state index in [0.717, 1.165) is 29.2 Å². The van der Waals surface area contributed by atoms with Crippen LogP contribution in [0.15, 0.2) is 29.6 Å². The number of nitrogens with one attached hydrogen (secondary N) is 1. The molecule has 114 valence electrons. The summed E-state index contributed by atoms with van der Waals surface area (Å²) in [5, 5.41) is 5.67. The average Bonchev–Trinajstić information content (AvgIpc) is 2.95. The highest BCUT2D eigenvalue weighted by molar-refractivity contribution is 7.10. The van der Waals surface area contributed by atoms with E-state index in [2.05, 4.69) is 12.2 Å². The van der Waals surface area contributed by atoms with Gasteiger partial charge in [-0.25, -0.2) is 4.39 Å². The van der Waals surface area contributed by atoms with Gasteiger partial charge >= 0.3 is 0 Å². The van der Waals surface area contributed by atoms with E-state index in [0.29, 0.717) is 6.42 Å². The normalized spacial score (nSPS) is 12.4. The summed E-state index contributed by atoms with van der Waals surface area (Å²) in [5.41, 5.74) is 0.918. The fraction of sp³-hybridized carbons (Fsp3) is 0.375. The molecule has 2 rings (SSSR count). The summed E-state index contributed by atoms with van der Waals surface area (Å²) in [7, 11) is 1.67. The zero-order valence-electron chi connectivity index (χ0n) is 12.2. The summed E-state index contributed by atoms with van der Waals surface area (Å²) < 4.78 is 19.0. The van der Waals surface area contributed by atoms with Crippen molar-refractivity contribution in [3.63, 3.8) is 0 Å². The van der Waals surface area contributed by atoms with Crippen molar-refractivity contribution < 1.29 is 9.13 Å². The molecule has 0 fully saturated rings. The van der Waals surface area contributed by atoms with Gasteiger partial charge in [0, 0.05) is 6.04 Å². The first-order valence-electron chi connectivity index (χ1n) is 6.94. The van der Waals surface area contributed by atoms with E-state index < -0.39 is 0 Å². The lowest BCUT2D eigenvalue weighted by atomic mass is 10.0. The Bertz CT molecular complexity index is 587. The third-order valence-corrected chi connectivity index (χ3v) is 4.58. The first-order valence-corrected chi connectivity index (χ1v) is 8.20. The Kier molecular flexibility index (Phi) is 6.03. The lowest BCUT2D eigenvalue weighted by Gasteiger charge is -2.19. The second-order valence-electron chi connectivity index (χ2n) is 4.81. The maximum Gasteiger partial charge on any atom is 0.142 e. The molecule has 0 bridgehead atoms. The molecule has 1 atom stereocenters. The Labute approximate surface area is 133 Å². The van der Waals surface area contributed by atoms with Gasteiger partial charge in [0.15, 0.2) is 0 Å². The van der Waals surface area contributed by atoms with Gasteiger partial charge in [0.25, 0.3) is 0 Å². The predicted octanol–water partition coefficient (Wildman–Crippen LogP) is 4.83. The van der Waals surface area contributed by atoms with Gasteiger partial charge in [-0.15, -0.1) is 11.3 Å². The van der Waals surface area contributed by atoms with E-state index in [1.54, 1.807) is 24.5 Å². The molecule has 0 amide bonds. The SMILES string of the molecule is CCCNC(Cc1ccc(Cl)c(F)c1)c1sccc1OC. The fourth-order valence-corrected chi connectivity index (χ4v) is 3.26. The average molecular weight is 328 g/mol. The standard InChI is InChI=1S/C16H19ClFNOS/c1-3-7-19-14(16-15(20-2)6-8-21-16)10-11-4-5-12(17)13(18)9-11/h4-6,8-9,14,19H,3,7,10H2,1-2H3. The molecule has 0 spiro atoms. The van der Waals surface area contributed by atoms with Crippen LogP contribution in [0.4, 0.5) is 4.39 Å². The highest BCUT2D eigenvalue weighted by Crippen LogP contribution is 2.33. The number of ether oxygens (including phenoxy) is 1. The molecule has 1 aromatic heterocycles. The molecule has 1 N–H and O–H groups in total. The molecule has 0 saturated heterocycles. The topological polar surface area (TPSA) is 21.3 Å². The highest BCUT2D eigenvalue weighted by atomic mass is 35.5. The molecule has 0 saturated carbocycles. The Morgan fingerprint density at radius 2 is 2.19 bits per heavy atom. The van der Waals surface area contributed by atoms with Gasteiger partial charge in [0.1, 0.15) is 11.6 Å². The summed E-state index contributed by atoms with van der Waals surface area (Å²) in [4.78, 5) is 1.14. The second-order valence-corrected chi connectivity index (χ2v) is 6.17. The van der Waals surface area contributed by atoms with Crippen LogP contribution in [0, 0.1) is 5.82 Å². The van der Waals surface area contributed by atoms with Crippen LogP contribution in [-0.4, -0.2) is 13.7 Å². The van der Waals surface area contributed by atoms with Crippen LogP contribution in [0.3, 0.4) is 0 Å². The van der Waals surface area contributed by atoms with Crippen LogP contribution < -0.4 is 10.1 Å². The molecule has 5 heteroatoms. The highest BCUT2D eigenvalue weighted by Gasteiger charge is 2.18. The van der Waals surface area contributed by atoms with Crippen LogP contribution in [0.1, 0.15) is 29.8 Å². The number of methoxy groups -OCH3 is 1. The molecule has 0 radical (unpaired) electrons. The van der Waals surface area contributed by atoms with E-state index >= 15 is 0 Å². The summed E-state index contributed by atoms with van der Waals surface area (Å²) in [6.45, 7) is 3.03. The van der Waals surface area contributed by atoms with Crippen molar-refractivity contribution in [2.45, 2.75) is 25.8 Å².